The molecule has 1 rings (SSSR count). The predicted octanol–water partition coefficient (Wildman–Crippen LogP) is 1.04. The Kier molecular flexibility index (Phi) is 2.68. The smallest absolute Gasteiger partial charge is 0.214 e. The minimum absolute atomic E-state index is 0.310. The summed E-state index contributed by atoms with van der Waals surface area (Å²) < 4.78 is 37.5. The molecule has 0 spiro atoms. The number of aryl methyl sites for hydroxylation is 1. The molecule has 13 heavy (non-hydrogen) atoms. The molecule has 0 fully saturated rings. The molecule has 0 aromatic heterocycles. The van der Waals surface area contributed by atoms with Gasteiger partial charge in [-0.3, -0.25) is 0 Å². The third-order valence-electron chi connectivity index (χ3n) is 1.64. The molecule has 0 saturated carbocycles. The van der Waals surface area contributed by atoms with Gasteiger partial charge >= 0.3 is 0 Å². The fraction of sp³-hybridized carbons (Fsp3) is 0.250. The van der Waals surface area contributed by atoms with Crippen molar-refractivity contribution in [3.8, 4) is 0 Å². The van der Waals surface area contributed by atoms with Crippen LogP contribution in [0, 0.1) is 12.7 Å². The van der Waals surface area contributed by atoms with Gasteiger partial charge < -0.3 is 0 Å². The quantitative estimate of drug-likeness (QED) is 0.780. The Hall–Kier alpha value is -0.940. The van der Waals surface area contributed by atoms with E-state index in [1.165, 1.54) is 19.2 Å². The molecule has 0 aliphatic heterocycles. The predicted molar refractivity (Wildman–Crippen MR) is 47.4 cm³/mol. The first-order valence-corrected chi connectivity index (χ1v) is 5.15. The van der Waals surface area contributed by atoms with Crippen LogP contribution in [-0.2, 0) is 10.0 Å². The summed E-state index contributed by atoms with van der Waals surface area (Å²) in [6.07, 6.45) is 0. The summed E-state index contributed by atoms with van der Waals surface area (Å²) in [6.45, 7) is 1.70. The van der Waals surface area contributed by atoms with Gasteiger partial charge in [-0.2, -0.15) is 0 Å². The first-order chi connectivity index (χ1) is 5.97. The fourth-order valence-corrected chi connectivity index (χ4v) is 1.81. The molecular formula is C8H10FNO2S. The highest BCUT2D eigenvalue weighted by molar-refractivity contribution is 7.89. The number of sulfonamides is 1. The van der Waals surface area contributed by atoms with Crippen molar-refractivity contribution in [3.05, 3.63) is 29.6 Å². The van der Waals surface area contributed by atoms with Crippen molar-refractivity contribution in [2.75, 3.05) is 7.05 Å². The van der Waals surface area contributed by atoms with Gasteiger partial charge in [0.1, 0.15) is 10.7 Å². The van der Waals surface area contributed by atoms with Gasteiger partial charge in [-0.15, -0.1) is 0 Å². The topological polar surface area (TPSA) is 46.2 Å². The van der Waals surface area contributed by atoms with Gasteiger partial charge in [0.15, 0.2) is 0 Å². The third kappa shape index (κ3) is 2.05. The van der Waals surface area contributed by atoms with Crippen molar-refractivity contribution in [3.63, 3.8) is 0 Å². The molecule has 0 aliphatic rings. The largest absolute Gasteiger partial charge is 0.243 e. The lowest BCUT2D eigenvalue weighted by molar-refractivity contribution is 0.561. The van der Waals surface area contributed by atoms with Gasteiger partial charge in [0.05, 0.1) is 0 Å². The molecule has 0 radical (unpaired) electrons. The molecular weight excluding hydrogens is 193 g/mol. The summed E-state index contributed by atoms with van der Waals surface area (Å²) in [5, 5.41) is 0. The summed E-state index contributed by atoms with van der Waals surface area (Å²) in [4.78, 5) is -0.310. The van der Waals surface area contributed by atoms with E-state index in [-0.39, 0.29) is 4.90 Å². The molecule has 0 heterocycles. The van der Waals surface area contributed by atoms with E-state index in [4.69, 9.17) is 0 Å². The molecule has 0 amide bonds. The van der Waals surface area contributed by atoms with Gasteiger partial charge in [0.2, 0.25) is 10.0 Å². The Morgan fingerprint density at radius 3 is 2.54 bits per heavy atom. The molecule has 0 unspecified atom stereocenters. The fourth-order valence-electron chi connectivity index (χ4n) is 0.926. The van der Waals surface area contributed by atoms with E-state index in [0.717, 1.165) is 6.07 Å². The van der Waals surface area contributed by atoms with Crippen LogP contribution in [0.1, 0.15) is 5.56 Å². The second kappa shape index (κ2) is 3.43. The average Bonchev–Trinajstić information content (AvgIpc) is 2.09. The second-order valence-electron chi connectivity index (χ2n) is 2.64. The van der Waals surface area contributed by atoms with Crippen molar-refractivity contribution in [2.45, 2.75) is 11.8 Å². The van der Waals surface area contributed by atoms with Gasteiger partial charge in [-0.1, -0.05) is 6.07 Å². The molecule has 1 aromatic carbocycles. The lowest BCUT2D eigenvalue weighted by Crippen LogP contribution is -2.19. The zero-order chi connectivity index (χ0) is 10.1. The lowest BCUT2D eigenvalue weighted by Gasteiger charge is -2.04. The summed E-state index contributed by atoms with van der Waals surface area (Å²) in [5.41, 5.74) is 0.704. The number of nitrogens with one attached hydrogen (secondary N) is 1. The Morgan fingerprint density at radius 1 is 1.38 bits per heavy atom. The zero-order valence-electron chi connectivity index (χ0n) is 7.33. The summed E-state index contributed by atoms with van der Waals surface area (Å²) in [7, 11) is -2.43. The maximum atomic E-state index is 13.0. The Labute approximate surface area is 76.6 Å². The molecule has 0 atom stereocenters. The van der Waals surface area contributed by atoms with Crippen LogP contribution < -0.4 is 4.72 Å². The number of rotatable bonds is 2. The van der Waals surface area contributed by atoms with Gasteiger partial charge in [-0.25, -0.2) is 17.5 Å². The van der Waals surface area contributed by atoms with Crippen LogP contribution in [0.3, 0.4) is 0 Å². The van der Waals surface area contributed by atoms with Crippen LogP contribution in [0.15, 0.2) is 23.1 Å². The van der Waals surface area contributed by atoms with Gasteiger partial charge in [-0.05, 0) is 31.7 Å². The van der Waals surface area contributed by atoms with Crippen molar-refractivity contribution in [2.24, 2.45) is 0 Å². The van der Waals surface area contributed by atoms with E-state index in [9.17, 15) is 12.8 Å². The summed E-state index contributed by atoms with van der Waals surface area (Å²) in [5.74, 6) is -0.736. The van der Waals surface area contributed by atoms with Crippen LogP contribution in [0.4, 0.5) is 4.39 Å². The van der Waals surface area contributed by atoms with Gasteiger partial charge in [0, 0.05) is 0 Å². The van der Waals surface area contributed by atoms with Crippen molar-refractivity contribution < 1.29 is 12.8 Å². The highest BCUT2D eigenvalue weighted by atomic mass is 32.2. The molecule has 72 valence electrons. The van der Waals surface area contributed by atoms with E-state index in [0.29, 0.717) is 5.56 Å². The van der Waals surface area contributed by atoms with E-state index >= 15 is 0 Å². The first kappa shape index (κ1) is 10.1. The van der Waals surface area contributed by atoms with E-state index in [1.807, 2.05) is 0 Å². The molecule has 0 aliphatic carbocycles. The normalized spacial score (nSPS) is 11.6. The lowest BCUT2D eigenvalue weighted by atomic mass is 10.2. The molecule has 0 bridgehead atoms. The van der Waals surface area contributed by atoms with Crippen LogP contribution in [0.25, 0.3) is 0 Å². The van der Waals surface area contributed by atoms with Crippen LogP contribution in [0.5, 0.6) is 0 Å². The number of benzene rings is 1. The van der Waals surface area contributed by atoms with E-state index < -0.39 is 15.8 Å². The summed E-state index contributed by atoms with van der Waals surface area (Å²) in [6, 6.07) is 3.95. The zero-order valence-corrected chi connectivity index (χ0v) is 8.15. The monoisotopic (exact) mass is 203 g/mol. The molecule has 3 nitrogen and oxygen atoms in total. The van der Waals surface area contributed by atoms with Gasteiger partial charge in [0.25, 0.3) is 0 Å². The van der Waals surface area contributed by atoms with Crippen LogP contribution >= 0.6 is 0 Å². The highest BCUT2D eigenvalue weighted by Gasteiger charge is 2.16. The number of hydrogen-bond donors (Lipinski definition) is 1. The second-order valence-corrected chi connectivity index (χ2v) is 4.50. The Morgan fingerprint density at radius 2 is 2.00 bits per heavy atom. The molecule has 1 aromatic rings. The SMILES string of the molecule is CNS(=O)(=O)c1cc(C)ccc1F. The average molecular weight is 203 g/mol. The summed E-state index contributed by atoms with van der Waals surface area (Å²) >= 11 is 0. The maximum absolute atomic E-state index is 13.0. The molecule has 5 heteroatoms. The maximum Gasteiger partial charge on any atom is 0.243 e. The van der Waals surface area contributed by atoms with Crippen molar-refractivity contribution in [1.29, 1.82) is 0 Å². The number of halogens is 1. The minimum Gasteiger partial charge on any atom is -0.214 e. The Bertz CT molecular complexity index is 414. The van der Waals surface area contributed by atoms with Crippen molar-refractivity contribution in [1.82, 2.24) is 4.72 Å². The number of hydrogen-bond acceptors (Lipinski definition) is 2. The van der Waals surface area contributed by atoms with Crippen LogP contribution in [0.2, 0.25) is 0 Å². The minimum atomic E-state index is -3.68. The van der Waals surface area contributed by atoms with E-state index in [2.05, 4.69) is 4.72 Å². The third-order valence-corrected chi connectivity index (χ3v) is 3.07. The first-order valence-electron chi connectivity index (χ1n) is 3.67. The van der Waals surface area contributed by atoms with Crippen molar-refractivity contribution >= 4 is 10.0 Å². The van der Waals surface area contributed by atoms with Crippen LogP contribution in [-0.4, -0.2) is 15.5 Å². The Balaban J connectivity index is 3.38. The molecule has 0 saturated heterocycles. The van der Waals surface area contributed by atoms with E-state index in [1.54, 1.807) is 6.92 Å². The standard InChI is InChI=1S/C8H10FNO2S/c1-6-3-4-7(9)8(5-6)13(11,12)10-2/h3-5,10H,1-2H3. The highest BCUT2D eigenvalue weighted by Crippen LogP contribution is 2.15. The molecule has 1 N–H and O–H groups in total.